The lowest BCUT2D eigenvalue weighted by Gasteiger charge is -2.31. The fourth-order valence-electron chi connectivity index (χ4n) is 3.81. The third-order valence-electron chi connectivity index (χ3n) is 5.25. The summed E-state index contributed by atoms with van der Waals surface area (Å²) < 4.78 is 33.4. The highest BCUT2D eigenvalue weighted by atomic mass is 19.3. The van der Waals surface area contributed by atoms with Crippen LogP contribution >= 0.6 is 0 Å². The Morgan fingerprint density at radius 2 is 2.17 bits per heavy atom. The molecule has 4 rings (SSSR count). The smallest absolute Gasteiger partial charge is 0.280 e. The number of para-hydroxylation sites is 1. The molecule has 1 fully saturated rings. The average molecular weight is 399 g/mol. The van der Waals surface area contributed by atoms with Crippen LogP contribution in [0.1, 0.15) is 42.1 Å². The average Bonchev–Trinajstić information content (AvgIpc) is 3.22. The summed E-state index contributed by atoms with van der Waals surface area (Å²) in [7, 11) is 1.66. The topological polar surface area (TPSA) is 55.6 Å². The second-order valence-electron chi connectivity index (χ2n) is 7.12. The van der Waals surface area contributed by atoms with Gasteiger partial charge in [-0.15, -0.1) is 0 Å². The standard InChI is InChI=1S/C21H23F2N5O/c1-29-19-9-3-2-6-15(19)7-4-10-27-11-5-8-16(13-27)17-12-18(20(22)23)28-21(26-17)24-14-25-28/h2-4,6-7,9,12,14,16,20H,5,8,10-11,13H2,1H3/b7-4+. The number of likely N-dealkylation sites (tertiary alicyclic amines) is 1. The maximum Gasteiger partial charge on any atom is 0.280 e. The van der Waals surface area contributed by atoms with Gasteiger partial charge in [0.2, 0.25) is 0 Å². The van der Waals surface area contributed by atoms with Gasteiger partial charge in [-0.2, -0.15) is 14.6 Å². The molecule has 0 amide bonds. The first-order chi connectivity index (χ1) is 14.2. The number of ether oxygens (including phenoxy) is 1. The van der Waals surface area contributed by atoms with Crippen molar-refractivity contribution in [1.29, 1.82) is 0 Å². The van der Waals surface area contributed by atoms with Gasteiger partial charge >= 0.3 is 0 Å². The molecule has 6 nitrogen and oxygen atoms in total. The van der Waals surface area contributed by atoms with E-state index in [0.29, 0.717) is 5.69 Å². The number of halogens is 2. The van der Waals surface area contributed by atoms with Gasteiger partial charge in [-0.1, -0.05) is 30.4 Å². The maximum absolute atomic E-state index is 13.4. The predicted molar refractivity (Wildman–Crippen MR) is 106 cm³/mol. The minimum absolute atomic E-state index is 0.0996. The van der Waals surface area contributed by atoms with Crippen molar-refractivity contribution in [2.75, 3.05) is 26.7 Å². The molecule has 1 aliphatic rings. The highest BCUT2D eigenvalue weighted by molar-refractivity contribution is 5.57. The maximum atomic E-state index is 13.4. The summed E-state index contributed by atoms with van der Waals surface area (Å²) in [6.45, 7) is 2.53. The zero-order valence-corrected chi connectivity index (χ0v) is 16.2. The molecule has 0 bridgehead atoms. The van der Waals surface area contributed by atoms with Gasteiger partial charge in [0, 0.05) is 24.6 Å². The number of alkyl halides is 2. The molecule has 1 atom stereocenters. The summed E-state index contributed by atoms with van der Waals surface area (Å²) >= 11 is 0. The summed E-state index contributed by atoms with van der Waals surface area (Å²) in [6.07, 6.45) is 4.72. The molecule has 152 valence electrons. The molecule has 3 aromatic rings. The van der Waals surface area contributed by atoms with Crippen LogP contribution in [-0.4, -0.2) is 51.2 Å². The minimum atomic E-state index is -2.62. The summed E-state index contributed by atoms with van der Waals surface area (Å²) in [5.74, 6) is 1.17. The molecule has 0 saturated carbocycles. The Kier molecular flexibility index (Phi) is 5.80. The zero-order chi connectivity index (χ0) is 20.2. The first kappa shape index (κ1) is 19.4. The van der Waals surface area contributed by atoms with Gasteiger partial charge in [0.1, 0.15) is 17.8 Å². The highest BCUT2D eigenvalue weighted by Gasteiger charge is 2.25. The molecule has 1 unspecified atom stereocenters. The molecule has 1 saturated heterocycles. The summed E-state index contributed by atoms with van der Waals surface area (Å²) in [5.41, 5.74) is 1.54. The van der Waals surface area contributed by atoms with Gasteiger partial charge < -0.3 is 4.74 Å². The number of aromatic nitrogens is 4. The highest BCUT2D eigenvalue weighted by Crippen LogP contribution is 2.29. The summed E-state index contributed by atoms with van der Waals surface area (Å²) in [4.78, 5) is 10.8. The predicted octanol–water partition coefficient (Wildman–Crippen LogP) is 3.96. The third kappa shape index (κ3) is 4.27. The van der Waals surface area contributed by atoms with Gasteiger partial charge in [0.25, 0.3) is 12.2 Å². The number of piperidine rings is 1. The number of methoxy groups -OCH3 is 1. The van der Waals surface area contributed by atoms with Gasteiger partial charge in [-0.05, 0) is 31.5 Å². The third-order valence-corrected chi connectivity index (χ3v) is 5.25. The lowest BCUT2D eigenvalue weighted by Crippen LogP contribution is -2.34. The van der Waals surface area contributed by atoms with E-state index < -0.39 is 6.43 Å². The van der Waals surface area contributed by atoms with Crippen LogP contribution in [0.25, 0.3) is 11.9 Å². The molecule has 3 heterocycles. The monoisotopic (exact) mass is 399 g/mol. The number of fused-ring (bicyclic) bond motifs is 1. The molecule has 0 spiro atoms. The largest absolute Gasteiger partial charge is 0.496 e. The molecular weight excluding hydrogens is 376 g/mol. The first-order valence-electron chi connectivity index (χ1n) is 9.66. The van der Waals surface area contributed by atoms with Crippen LogP contribution in [0.4, 0.5) is 8.78 Å². The molecule has 0 radical (unpaired) electrons. The normalized spacial score (nSPS) is 18.1. The molecular formula is C21H23F2N5O. The Morgan fingerprint density at radius 3 is 3.00 bits per heavy atom. The Balaban J connectivity index is 1.47. The van der Waals surface area contributed by atoms with Crippen LogP contribution in [0.2, 0.25) is 0 Å². The van der Waals surface area contributed by atoms with Crippen molar-refractivity contribution in [2.24, 2.45) is 0 Å². The Labute approximate surface area is 167 Å². The van der Waals surface area contributed by atoms with Crippen LogP contribution in [0, 0.1) is 0 Å². The van der Waals surface area contributed by atoms with Gasteiger partial charge in [-0.25, -0.2) is 13.8 Å². The van der Waals surface area contributed by atoms with E-state index in [1.54, 1.807) is 7.11 Å². The molecule has 1 aliphatic heterocycles. The quantitative estimate of drug-likeness (QED) is 0.628. The molecule has 8 heteroatoms. The van der Waals surface area contributed by atoms with E-state index in [9.17, 15) is 8.78 Å². The minimum Gasteiger partial charge on any atom is -0.496 e. The van der Waals surface area contributed by atoms with Crippen LogP contribution in [0.15, 0.2) is 42.7 Å². The van der Waals surface area contributed by atoms with E-state index in [1.165, 1.54) is 12.4 Å². The van der Waals surface area contributed by atoms with Crippen molar-refractivity contribution >= 4 is 11.9 Å². The molecule has 1 aromatic carbocycles. The van der Waals surface area contributed by atoms with Gasteiger partial charge in [0.05, 0.1) is 12.8 Å². The van der Waals surface area contributed by atoms with Crippen molar-refractivity contribution in [2.45, 2.75) is 25.2 Å². The van der Waals surface area contributed by atoms with Crippen LogP contribution < -0.4 is 4.74 Å². The van der Waals surface area contributed by atoms with Crippen LogP contribution in [0.3, 0.4) is 0 Å². The summed E-state index contributed by atoms with van der Waals surface area (Å²) in [5, 5.41) is 3.86. The van der Waals surface area contributed by atoms with Crippen molar-refractivity contribution < 1.29 is 13.5 Å². The van der Waals surface area contributed by atoms with Crippen molar-refractivity contribution in [3.8, 4) is 5.75 Å². The molecule has 2 aromatic heterocycles. The van der Waals surface area contributed by atoms with Crippen molar-refractivity contribution in [3.63, 3.8) is 0 Å². The van der Waals surface area contributed by atoms with E-state index in [-0.39, 0.29) is 17.4 Å². The molecule has 0 aliphatic carbocycles. The Hall–Kier alpha value is -2.87. The Bertz CT molecular complexity index is 1000. The fourth-order valence-corrected chi connectivity index (χ4v) is 3.81. The van der Waals surface area contributed by atoms with Crippen LogP contribution in [-0.2, 0) is 0 Å². The second-order valence-corrected chi connectivity index (χ2v) is 7.12. The number of hydrogen-bond donors (Lipinski definition) is 0. The van der Waals surface area contributed by atoms with Gasteiger partial charge in [-0.3, -0.25) is 4.90 Å². The van der Waals surface area contributed by atoms with E-state index in [0.717, 1.165) is 48.3 Å². The van der Waals surface area contributed by atoms with E-state index >= 15 is 0 Å². The molecule has 0 N–H and O–H groups in total. The fraction of sp³-hybridized carbons (Fsp3) is 0.381. The van der Waals surface area contributed by atoms with Crippen molar-refractivity contribution in [3.05, 3.63) is 59.7 Å². The lowest BCUT2D eigenvalue weighted by atomic mass is 9.94. The summed E-state index contributed by atoms with van der Waals surface area (Å²) in [6, 6.07) is 9.34. The SMILES string of the molecule is COc1ccccc1/C=C/CN1CCCC(c2cc(C(F)F)n3ncnc3n2)C1. The Morgan fingerprint density at radius 1 is 1.31 bits per heavy atom. The number of rotatable bonds is 6. The zero-order valence-electron chi connectivity index (χ0n) is 16.2. The van der Waals surface area contributed by atoms with E-state index in [1.807, 2.05) is 24.3 Å². The van der Waals surface area contributed by atoms with E-state index in [2.05, 4.69) is 32.1 Å². The van der Waals surface area contributed by atoms with Crippen LogP contribution in [0.5, 0.6) is 5.75 Å². The number of hydrogen-bond acceptors (Lipinski definition) is 5. The first-order valence-corrected chi connectivity index (χ1v) is 9.66. The second kappa shape index (κ2) is 8.65. The number of benzene rings is 1. The van der Waals surface area contributed by atoms with E-state index in [4.69, 9.17) is 4.74 Å². The lowest BCUT2D eigenvalue weighted by molar-refractivity contribution is 0.142. The number of nitrogens with zero attached hydrogens (tertiary/aromatic N) is 5. The molecule has 29 heavy (non-hydrogen) atoms. The van der Waals surface area contributed by atoms with Gasteiger partial charge in [0.15, 0.2) is 0 Å². The van der Waals surface area contributed by atoms with Crippen molar-refractivity contribution in [1.82, 2.24) is 24.5 Å².